The van der Waals surface area contributed by atoms with Gasteiger partial charge in [-0.1, -0.05) is 0 Å². The average molecular weight is 305 g/mol. The Kier molecular flexibility index (Phi) is 3.95. The van der Waals surface area contributed by atoms with Crippen molar-refractivity contribution in [2.24, 2.45) is 0 Å². The topological polar surface area (TPSA) is 83.9 Å². The van der Waals surface area contributed by atoms with Crippen molar-refractivity contribution in [1.82, 2.24) is 4.31 Å². The highest BCUT2D eigenvalue weighted by atomic mass is 32.2. The fourth-order valence-electron chi connectivity index (χ4n) is 2.04. The molecule has 2 unspecified atom stereocenters. The van der Waals surface area contributed by atoms with Crippen LogP contribution in [0.15, 0.2) is 16.3 Å². The summed E-state index contributed by atoms with van der Waals surface area (Å²) < 4.78 is 31.6. The molecule has 1 aliphatic heterocycles. The first-order chi connectivity index (χ1) is 8.80. The maximum Gasteiger partial charge on any atom is 0.345 e. The molecular weight excluding hydrogens is 290 g/mol. The summed E-state index contributed by atoms with van der Waals surface area (Å²) in [6, 6.07) is 1.20. The fraction of sp³-hybridized carbons (Fsp3) is 0.545. The van der Waals surface area contributed by atoms with E-state index in [0.29, 0.717) is 0 Å². The van der Waals surface area contributed by atoms with Crippen molar-refractivity contribution < 1.29 is 23.1 Å². The van der Waals surface area contributed by atoms with E-state index in [1.165, 1.54) is 15.8 Å². The van der Waals surface area contributed by atoms with Crippen molar-refractivity contribution >= 4 is 27.3 Å². The van der Waals surface area contributed by atoms with E-state index >= 15 is 0 Å². The van der Waals surface area contributed by atoms with Gasteiger partial charge in [-0.15, -0.1) is 11.3 Å². The summed E-state index contributed by atoms with van der Waals surface area (Å²) >= 11 is 0.913. The molecule has 1 fully saturated rings. The molecule has 1 aromatic rings. The second-order valence-electron chi connectivity index (χ2n) is 4.53. The van der Waals surface area contributed by atoms with E-state index in [-0.39, 0.29) is 35.1 Å². The van der Waals surface area contributed by atoms with Crippen LogP contribution in [0.3, 0.4) is 0 Å². The van der Waals surface area contributed by atoms with E-state index in [2.05, 4.69) is 0 Å². The molecule has 1 aromatic heterocycles. The van der Waals surface area contributed by atoms with Crippen LogP contribution in [-0.4, -0.2) is 49.1 Å². The van der Waals surface area contributed by atoms with Crippen LogP contribution in [0.2, 0.25) is 0 Å². The third-order valence-electron chi connectivity index (χ3n) is 2.81. The van der Waals surface area contributed by atoms with Crippen LogP contribution in [0.4, 0.5) is 0 Å². The minimum absolute atomic E-state index is 0.0212. The molecule has 1 saturated heterocycles. The number of ether oxygens (including phenoxy) is 1. The van der Waals surface area contributed by atoms with E-state index in [0.717, 1.165) is 11.3 Å². The average Bonchev–Trinajstić information content (AvgIpc) is 2.77. The molecule has 0 amide bonds. The molecule has 0 radical (unpaired) electrons. The summed E-state index contributed by atoms with van der Waals surface area (Å²) in [7, 11) is -3.64. The molecule has 0 aliphatic carbocycles. The molecule has 0 aromatic carbocycles. The Morgan fingerprint density at radius 3 is 2.47 bits per heavy atom. The van der Waals surface area contributed by atoms with Gasteiger partial charge in [-0.2, -0.15) is 4.31 Å². The standard InChI is InChI=1S/C11H15NO5S2/c1-7-4-12(5-8(2)17-7)19(15,16)9-3-10(11(13)14)18-6-9/h3,6-8H,4-5H2,1-2H3,(H,13,14). The largest absolute Gasteiger partial charge is 0.477 e. The second kappa shape index (κ2) is 5.20. The van der Waals surface area contributed by atoms with Gasteiger partial charge >= 0.3 is 5.97 Å². The molecule has 1 aliphatic rings. The lowest BCUT2D eigenvalue weighted by Crippen LogP contribution is -2.47. The zero-order valence-electron chi connectivity index (χ0n) is 10.6. The first-order valence-corrected chi connectivity index (χ1v) is 8.10. The zero-order valence-corrected chi connectivity index (χ0v) is 12.2. The zero-order chi connectivity index (χ0) is 14.2. The number of rotatable bonds is 3. The van der Waals surface area contributed by atoms with Gasteiger partial charge in [0.15, 0.2) is 0 Å². The predicted molar refractivity (Wildman–Crippen MR) is 70.0 cm³/mol. The van der Waals surface area contributed by atoms with Crippen LogP contribution in [0, 0.1) is 0 Å². The molecule has 8 heteroatoms. The molecule has 0 bridgehead atoms. The third-order valence-corrected chi connectivity index (χ3v) is 5.69. The summed E-state index contributed by atoms with van der Waals surface area (Å²) in [6.07, 6.45) is -0.341. The number of thiophene rings is 1. The van der Waals surface area contributed by atoms with E-state index in [1.807, 2.05) is 13.8 Å². The number of sulfonamides is 1. The Labute approximate surface area is 115 Å². The highest BCUT2D eigenvalue weighted by Crippen LogP contribution is 2.25. The number of hydrogen-bond donors (Lipinski definition) is 1. The minimum atomic E-state index is -3.64. The number of carboxylic acid groups (broad SMARTS) is 1. The summed E-state index contributed by atoms with van der Waals surface area (Å²) in [5.74, 6) is -1.12. The van der Waals surface area contributed by atoms with Crippen molar-refractivity contribution in [3.05, 3.63) is 16.3 Å². The van der Waals surface area contributed by atoms with Gasteiger partial charge in [0.05, 0.1) is 17.1 Å². The van der Waals surface area contributed by atoms with Crippen molar-refractivity contribution in [1.29, 1.82) is 0 Å². The van der Waals surface area contributed by atoms with Crippen molar-refractivity contribution in [2.45, 2.75) is 31.0 Å². The second-order valence-corrected chi connectivity index (χ2v) is 7.38. The normalized spacial score (nSPS) is 25.4. The number of carbonyl (C=O) groups is 1. The SMILES string of the molecule is CC1CN(S(=O)(=O)c2csc(C(=O)O)c2)CC(C)O1. The fourth-order valence-corrected chi connectivity index (χ4v) is 4.73. The lowest BCUT2D eigenvalue weighted by atomic mass is 10.3. The Hall–Kier alpha value is -0.960. The molecule has 106 valence electrons. The van der Waals surface area contributed by atoms with Crippen LogP contribution in [0.5, 0.6) is 0 Å². The number of hydrogen-bond acceptors (Lipinski definition) is 5. The minimum Gasteiger partial charge on any atom is -0.477 e. The number of aromatic carboxylic acids is 1. The van der Waals surface area contributed by atoms with E-state index < -0.39 is 16.0 Å². The maximum atomic E-state index is 12.4. The molecule has 6 nitrogen and oxygen atoms in total. The third kappa shape index (κ3) is 2.97. The Morgan fingerprint density at radius 1 is 1.42 bits per heavy atom. The predicted octanol–water partition coefficient (Wildman–Crippen LogP) is 1.24. The Balaban J connectivity index is 2.28. The lowest BCUT2D eigenvalue weighted by Gasteiger charge is -2.34. The summed E-state index contributed by atoms with van der Waals surface area (Å²) in [5.41, 5.74) is 0. The molecule has 19 heavy (non-hydrogen) atoms. The number of morpholine rings is 1. The molecule has 1 N–H and O–H groups in total. The lowest BCUT2D eigenvalue weighted by molar-refractivity contribution is -0.0440. The van der Waals surface area contributed by atoms with Gasteiger partial charge in [-0.05, 0) is 19.9 Å². The highest BCUT2D eigenvalue weighted by Gasteiger charge is 2.33. The van der Waals surface area contributed by atoms with Crippen LogP contribution < -0.4 is 0 Å². The van der Waals surface area contributed by atoms with Crippen LogP contribution in [0.25, 0.3) is 0 Å². The first-order valence-electron chi connectivity index (χ1n) is 5.78. The monoisotopic (exact) mass is 305 g/mol. The molecule has 0 saturated carbocycles. The molecule has 2 atom stereocenters. The quantitative estimate of drug-likeness (QED) is 0.908. The van der Waals surface area contributed by atoms with Crippen molar-refractivity contribution in [3.8, 4) is 0 Å². The van der Waals surface area contributed by atoms with E-state index in [4.69, 9.17) is 9.84 Å². The number of carboxylic acids is 1. The highest BCUT2D eigenvalue weighted by molar-refractivity contribution is 7.89. The van der Waals surface area contributed by atoms with E-state index in [1.54, 1.807) is 0 Å². The van der Waals surface area contributed by atoms with Crippen LogP contribution >= 0.6 is 11.3 Å². The molecule has 0 spiro atoms. The smallest absolute Gasteiger partial charge is 0.345 e. The summed E-state index contributed by atoms with van der Waals surface area (Å²) in [6.45, 7) is 4.19. The van der Waals surface area contributed by atoms with Gasteiger partial charge in [0.25, 0.3) is 0 Å². The molecule has 2 rings (SSSR count). The van der Waals surface area contributed by atoms with Crippen molar-refractivity contribution in [3.63, 3.8) is 0 Å². The van der Waals surface area contributed by atoms with Gasteiger partial charge in [-0.3, -0.25) is 0 Å². The number of nitrogens with zero attached hydrogens (tertiary/aromatic N) is 1. The van der Waals surface area contributed by atoms with Crippen LogP contribution in [-0.2, 0) is 14.8 Å². The van der Waals surface area contributed by atoms with Gasteiger partial charge < -0.3 is 9.84 Å². The summed E-state index contributed by atoms with van der Waals surface area (Å²) in [4.78, 5) is 10.9. The van der Waals surface area contributed by atoms with Gasteiger partial charge in [0.1, 0.15) is 4.88 Å². The van der Waals surface area contributed by atoms with Crippen LogP contribution in [0.1, 0.15) is 23.5 Å². The van der Waals surface area contributed by atoms with Gasteiger partial charge in [-0.25, -0.2) is 13.2 Å². The van der Waals surface area contributed by atoms with Crippen molar-refractivity contribution in [2.75, 3.05) is 13.1 Å². The Bertz CT molecular complexity index is 570. The summed E-state index contributed by atoms with van der Waals surface area (Å²) in [5, 5.41) is 10.2. The van der Waals surface area contributed by atoms with Gasteiger partial charge in [0.2, 0.25) is 10.0 Å². The molecule has 2 heterocycles. The first kappa shape index (κ1) is 14.4. The maximum absolute atomic E-state index is 12.4. The van der Waals surface area contributed by atoms with Gasteiger partial charge in [0, 0.05) is 18.5 Å². The Morgan fingerprint density at radius 2 is 2.00 bits per heavy atom. The van der Waals surface area contributed by atoms with E-state index in [9.17, 15) is 13.2 Å². The molecular formula is C11H15NO5S2.